The Hall–Kier alpha value is -4.87. The molecule has 38 heavy (non-hydrogen) atoms. The maximum atomic E-state index is 13.6. The van der Waals surface area contributed by atoms with Gasteiger partial charge < -0.3 is 10.4 Å². The lowest BCUT2D eigenvalue weighted by Crippen LogP contribution is -2.23. The fraction of sp³-hybridized carbons (Fsp3) is 0.0667. The Labute approximate surface area is 223 Å². The molecule has 0 spiro atoms. The quantitative estimate of drug-likeness (QED) is 0.238. The molecule has 0 radical (unpaired) electrons. The molecular weight excluding hydrogens is 496 g/mol. The summed E-state index contributed by atoms with van der Waals surface area (Å²) in [4.78, 5) is 29.1. The first kappa shape index (κ1) is 24.8. The lowest BCUT2D eigenvalue weighted by molar-refractivity contribution is 0.0696. The van der Waals surface area contributed by atoms with Gasteiger partial charge in [0.15, 0.2) is 5.69 Å². The highest BCUT2D eigenvalue weighted by molar-refractivity contribution is 7.99. The van der Waals surface area contributed by atoms with Gasteiger partial charge in [0.2, 0.25) is 0 Å². The standard InChI is InChI=1S/C30H22N4O3S/c1-31-23-9-6-10-24(17-23)38-29-27-25(28(35)32-18-19-11-13-21(14-12-19)30(36)37)15-22(16-26(27)34(2)33-29)20-7-4-3-5-8-20/h3-17H,18H2,2H3,(H,32,35)(H,36,37). The Morgan fingerprint density at radius 3 is 2.45 bits per heavy atom. The van der Waals surface area contributed by atoms with E-state index >= 15 is 0 Å². The lowest BCUT2D eigenvalue weighted by atomic mass is 9.99. The molecule has 0 atom stereocenters. The SMILES string of the molecule is [C-]#[N+]c1cccc(Sc2nn(C)c3cc(-c4ccccc4)cc(C(=O)NCc4ccc(C(=O)O)cc4)c23)c1. The van der Waals surface area contributed by atoms with Crippen LogP contribution in [0.2, 0.25) is 0 Å². The average molecular weight is 519 g/mol. The second-order valence-corrected chi connectivity index (χ2v) is 9.67. The summed E-state index contributed by atoms with van der Waals surface area (Å²) in [6, 6.07) is 27.5. The van der Waals surface area contributed by atoms with Crippen molar-refractivity contribution in [2.24, 2.45) is 7.05 Å². The Morgan fingerprint density at radius 1 is 0.974 bits per heavy atom. The van der Waals surface area contributed by atoms with Crippen molar-refractivity contribution in [1.29, 1.82) is 0 Å². The summed E-state index contributed by atoms with van der Waals surface area (Å²) in [6.45, 7) is 7.56. The predicted molar refractivity (Wildman–Crippen MR) is 148 cm³/mol. The van der Waals surface area contributed by atoms with Gasteiger partial charge in [0, 0.05) is 23.9 Å². The number of nitrogens with zero attached hydrogens (tertiary/aromatic N) is 3. The van der Waals surface area contributed by atoms with Crippen molar-refractivity contribution < 1.29 is 14.7 Å². The van der Waals surface area contributed by atoms with Gasteiger partial charge in [0.05, 0.1) is 23.2 Å². The minimum atomic E-state index is -0.996. The molecule has 5 rings (SSSR count). The minimum Gasteiger partial charge on any atom is -0.478 e. The van der Waals surface area contributed by atoms with Crippen LogP contribution in [-0.4, -0.2) is 26.8 Å². The molecule has 0 aliphatic rings. The topological polar surface area (TPSA) is 88.6 Å². The van der Waals surface area contributed by atoms with E-state index in [-0.39, 0.29) is 18.0 Å². The summed E-state index contributed by atoms with van der Waals surface area (Å²) in [6.07, 6.45) is 0. The molecule has 4 aromatic carbocycles. The van der Waals surface area contributed by atoms with Gasteiger partial charge in [0.1, 0.15) is 5.03 Å². The first-order valence-electron chi connectivity index (χ1n) is 11.7. The number of aryl methyl sites for hydroxylation is 1. The van der Waals surface area contributed by atoms with Crippen LogP contribution in [0, 0.1) is 6.57 Å². The van der Waals surface area contributed by atoms with Gasteiger partial charge in [-0.15, -0.1) is 0 Å². The second-order valence-electron chi connectivity index (χ2n) is 8.61. The van der Waals surface area contributed by atoms with Gasteiger partial charge in [0.25, 0.3) is 5.91 Å². The maximum Gasteiger partial charge on any atom is 0.335 e. The molecule has 1 heterocycles. The van der Waals surface area contributed by atoms with Gasteiger partial charge in [-0.1, -0.05) is 72.4 Å². The van der Waals surface area contributed by atoms with Gasteiger partial charge in [-0.2, -0.15) is 5.10 Å². The van der Waals surface area contributed by atoms with Crippen LogP contribution in [0.25, 0.3) is 26.9 Å². The van der Waals surface area contributed by atoms with Crippen molar-refractivity contribution in [1.82, 2.24) is 15.1 Å². The molecule has 5 aromatic rings. The Morgan fingerprint density at radius 2 is 1.74 bits per heavy atom. The third-order valence-corrected chi connectivity index (χ3v) is 7.06. The van der Waals surface area contributed by atoms with Crippen LogP contribution < -0.4 is 5.32 Å². The number of fused-ring (bicyclic) bond motifs is 1. The van der Waals surface area contributed by atoms with Crippen LogP contribution in [-0.2, 0) is 13.6 Å². The number of amides is 1. The molecule has 0 saturated carbocycles. The highest BCUT2D eigenvalue weighted by Crippen LogP contribution is 2.38. The second kappa shape index (κ2) is 10.6. The van der Waals surface area contributed by atoms with E-state index in [1.807, 2.05) is 61.6 Å². The van der Waals surface area contributed by atoms with Gasteiger partial charge in [-0.05, 0) is 47.0 Å². The fourth-order valence-corrected chi connectivity index (χ4v) is 5.19. The number of benzene rings is 4. The Kier molecular flexibility index (Phi) is 6.94. The summed E-state index contributed by atoms with van der Waals surface area (Å²) in [5.74, 6) is -1.26. The summed E-state index contributed by atoms with van der Waals surface area (Å²) < 4.78 is 1.77. The van der Waals surface area contributed by atoms with E-state index in [0.717, 1.165) is 32.5 Å². The van der Waals surface area contributed by atoms with Crippen LogP contribution in [0.4, 0.5) is 5.69 Å². The molecule has 0 bridgehead atoms. The summed E-state index contributed by atoms with van der Waals surface area (Å²) in [5.41, 5.74) is 4.68. The lowest BCUT2D eigenvalue weighted by Gasteiger charge is -2.11. The molecular formula is C30H22N4O3S. The van der Waals surface area contributed by atoms with Crippen molar-refractivity contribution in [2.75, 3.05) is 0 Å². The van der Waals surface area contributed by atoms with Crippen molar-refractivity contribution >= 4 is 40.2 Å². The number of carboxylic acids is 1. The third-order valence-electron chi connectivity index (χ3n) is 6.09. The highest BCUT2D eigenvalue weighted by atomic mass is 32.2. The zero-order chi connectivity index (χ0) is 26.6. The van der Waals surface area contributed by atoms with E-state index in [0.29, 0.717) is 16.3 Å². The molecule has 0 aliphatic heterocycles. The number of aromatic nitrogens is 2. The van der Waals surface area contributed by atoms with Crippen molar-refractivity contribution in [3.05, 3.63) is 119 Å². The van der Waals surface area contributed by atoms with Crippen LogP contribution in [0.3, 0.4) is 0 Å². The van der Waals surface area contributed by atoms with E-state index in [4.69, 9.17) is 16.8 Å². The van der Waals surface area contributed by atoms with E-state index in [9.17, 15) is 9.59 Å². The number of carboxylic acid groups (broad SMARTS) is 1. The molecule has 1 amide bonds. The molecule has 8 heteroatoms. The maximum absolute atomic E-state index is 13.6. The predicted octanol–water partition coefficient (Wildman–Crippen LogP) is 6.57. The van der Waals surface area contributed by atoms with E-state index in [1.165, 1.54) is 23.9 Å². The Balaban J connectivity index is 1.55. The van der Waals surface area contributed by atoms with Crippen LogP contribution >= 0.6 is 11.8 Å². The number of nitrogens with one attached hydrogen (secondary N) is 1. The number of hydrogen-bond acceptors (Lipinski definition) is 4. The van der Waals surface area contributed by atoms with Crippen LogP contribution in [0.1, 0.15) is 26.3 Å². The van der Waals surface area contributed by atoms with Crippen LogP contribution in [0.15, 0.2) is 101 Å². The number of hydrogen-bond donors (Lipinski definition) is 2. The number of carbonyl (C=O) groups excluding carboxylic acids is 1. The number of carbonyl (C=O) groups is 2. The zero-order valence-corrected chi connectivity index (χ0v) is 21.2. The van der Waals surface area contributed by atoms with Gasteiger partial charge >= 0.3 is 5.97 Å². The Bertz CT molecular complexity index is 1700. The normalized spacial score (nSPS) is 10.7. The average Bonchev–Trinajstić information content (AvgIpc) is 3.26. The summed E-state index contributed by atoms with van der Waals surface area (Å²) in [7, 11) is 1.85. The highest BCUT2D eigenvalue weighted by Gasteiger charge is 2.21. The largest absolute Gasteiger partial charge is 0.478 e. The molecule has 7 nitrogen and oxygen atoms in total. The summed E-state index contributed by atoms with van der Waals surface area (Å²) in [5, 5.41) is 18.2. The van der Waals surface area contributed by atoms with Gasteiger partial charge in [-0.3, -0.25) is 9.48 Å². The zero-order valence-electron chi connectivity index (χ0n) is 20.4. The number of aromatic carboxylic acids is 1. The first-order valence-corrected chi connectivity index (χ1v) is 12.6. The third kappa shape index (κ3) is 5.14. The van der Waals surface area contributed by atoms with E-state index < -0.39 is 5.97 Å². The molecule has 0 saturated heterocycles. The molecule has 186 valence electrons. The monoisotopic (exact) mass is 518 g/mol. The molecule has 0 fully saturated rings. The van der Waals surface area contributed by atoms with Crippen molar-refractivity contribution in [2.45, 2.75) is 16.5 Å². The summed E-state index contributed by atoms with van der Waals surface area (Å²) >= 11 is 1.41. The van der Waals surface area contributed by atoms with Crippen molar-refractivity contribution in [3.63, 3.8) is 0 Å². The minimum absolute atomic E-state index is 0.191. The van der Waals surface area contributed by atoms with Crippen molar-refractivity contribution in [3.8, 4) is 11.1 Å². The smallest absolute Gasteiger partial charge is 0.335 e. The van der Waals surface area contributed by atoms with Crippen LogP contribution in [0.5, 0.6) is 0 Å². The fourth-order valence-electron chi connectivity index (χ4n) is 4.17. The number of rotatable bonds is 7. The van der Waals surface area contributed by atoms with Gasteiger partial charge in [-0.25, -0.2) is 9.64 Å². The first-order chi connectivity index (χ1) is 18.4. The van der Waals surface area contributed by atoms with E-state index in [1.54, 1.807) is 28.9 Å². The molecule has 2 N–H and O–H groups in total. The molecule has 0 unspecified atom stereocenters. The molecule has 1 aromatic heterocycles. The van der Waals surface area contributed by atoms with E-state index in [2.05, 4.69) is 10.2 Å². The molecule has 0 aliphatic carbocycles.